The monoisotopic (exact) mass is 245 g/mol. The second-order valence-corrected chi connectivity index (χ2v) is 4.17. The van der Waals surface area contributed by atoms with Crippen LogP contribution in [-0.4, -0.2) is 6.41 Å². The van der Waals surface area contributed by atoms with Gasteiger partial charge < -0.3 is 5.32 Å². The second kappa shape index (κ2) is 5.02. The van der Waals surface area contributed by atoms with Gasteiger partial charge in [0.1, 0.15) is 0 Å². The van der Waals surface area contributed by atoms with E-state index in [-0.39, 0.29) is 0 Å². The lowest BCUT2D eigenvalue weighted by atomic mass is 10.0. The van der Waals surface area contributed by atoms with E-state index in [1.165, 1.54) is 0 Å². The molecule has 2 nitrogen and oxygen atoms in total. The van der Waals surface area contributed by atoms with Gasteiger partial charge in [-0.1, -0.05) is 41.9 Å². The summed E-state index contributed by atoms with van der Waals surface area (Å²) in [4.78, 5) is 10.5. The highest BCUT2D eigenvalue weighted by molar-refractivity contribution is 6.32. The fourth-order valence-electron chi connectivity index (χ4n) is 1.69. The van der Waals surface area contributed by atoms with E-state index in [4.69, 9.17) is 11.6 Å². The molecule has 0 aliphatic rings. The van der Waals surface area contributed by atoms with Crippen molar-refractivity contribution in [3.8, 4) is 11.1 Å². The van der Waals surface area contributed by atoms with Crippen LogP contribution >= 0.6 is 11.6 Å². The van der Waals surface area contributed by atoms with Crippen LogP contribution in [0.2, 0.25) is 5.02 Å². The molecule has 0 spiro atoms. The number of hydrogen-bond donors (Lipinski definition) is 1. The fraction of sp³-hybridized carbons (Fsp3) is 0.0714. The Morgan fingerprint density at radius 3 is 2.47 bits per heavy atom. The maximum absolute atomic E-state index is 10.5. The second-order valence-electron chi connectivity index (χ2n) is 3.76. The van der Waals surface area contributed by atoms with Crippen molar-refractivity contribution < 1.29 is 4.79 Å². The zero-order valence-corrected chi connectivity index (χ0v) is 10.2. The van der Waals surface area contributed by atoms with Crippen LogP contribution in [0.25, 0.3) is 11.1 Å². The smallest absolute Gasteiger partial charge is 0.211 e. The molecular formula is C14H12ClNO. The van der Waals surface area contributed by atoms with Gasteiger partial charge >= 0.3 is 0 Å². The molecule has 0 atom stereocenters. The molecule has 2 rings (SSSR count). The number of halogens is 1. The van der Waals surface area contributed by atoms with E-state index >= 15 is 0 Å². The van der Waals surface area contributed by atoms with E-state index in [1.54, 1.807) is 0 Å². The Bertz CT molecular complexity index is 537. The van der Waals surface area contributed by atoms with Crippen LogP contribution in [0.15, 0.2) is 42.5 Å². The van der Waals surface area contributed by atoms with Gasteiger partial charge in [-0.05, 0) is 35.7 Å². The first-order valence-electron chi connectivity index (χ1n) is 5.28. The quantitative estimate of drug-likeness (QED) is 0.817. The largest absolute Gasteiger partial charge is 0.328 e. The van der Waals surface area contributed by atoms with Gasteiger partial charge in [-0.2, -0.15) is 0 Å². The third kappa shape index (κ3) is 2.48. The van der Waals surface area contributed by atoms with Crippen molar-refractivity contribution in [2.24, 2.45) is 0 Å². The summed E-state index contributed by atoms with van der Waals surface area (Å²) in [6.07, 6.45) is 0.660. The molecule has 0 bridgehead atoms. The summed E-state index contributed by atoms with van der Waals surface area (Å²) >= 11 is 6.15. The molecule has 0 aliphatic carbocycles. The van der Waals surface area contributed by atoms with Crippen molar-refractivity contribution >= 4 is 23.7 Å². The molecule has 0 heterocycles. The third-order valence-electron chi connectivity index (χ3n) is 2.67. The van der Waals surface area contributed by atoms with Gasteiger partial charge in [0.2, 0.25) is 6.41 Å². The van der Waals surface area contributed by atoms with Gasteiger partial charge in [0.05, 0.1) is 0 Å². The van der Waals surface area contributed by atoms with Crippen LogP contribution in [0.3, 0.4) is 0 Å². The Hall–Kier alpha value is -1.80. The molecule has 0 aromatic heterocycles. The van der Waals surface area contributed by atoms with E-state index in [0.29, 0.717) is 11.4 Å². The Morgan fingerprint density at radius 2 is 1.82 bits per heavy atom. The van der Waals surface area contributed by atoms with E-state index < -0.39 is 0 Å². The molecule has 1 amide bonds. The minimum atomic E-state index is 0.649. The lowest BCUT2D eigenvalue weighted by molar-refractivity contribution is -0.105. The molecule has 86 valence electrons. The van der Waals surface area contributed by atoms with Crippen LogP contribution in [0.5, 0.6) is 0 Å². The first-order valence-corrected chi connectivity index (χ1v) is 5.66. The van der Waals surface area contributed by atoms with Gasteiger partial charge in [0.15, 0.2) is 0 Å². The third-order valence-corrected chi connectivity index (χ3v) is 3.06. The number of anilines is 1. The van der Waals surface area contributed by atoms with Crippen molar-refractivity contribution in [1.29, 1.82) is 0 Å². The number of amides is 1. The molecule has 2 aromatic rings. The van der Waals surface area contributed by atoms with E-state index in [2.05, 4.69) is 5.32 Å². The normalized spacial score (nSPS) is 10.0. The number of carbonyl (C=O) groups excluding carboxylic acids is 1. The highest BCUT2D eigenvalue weighted by Crippen LogP contribution is 2.30. The van der Waals surface area contributed by atoms with E-state index in [1.807, 2.05) is 49.4 Å². The summed E-state index contributed by atoms with van der Waals surface area (Å²) in [5.41, 5.74) is 3.68. The van der Waals surface area contributed by atoms with Gasteiger partial charge in [-0.15, -0.1) is 0 Å². The van der Waals surface area contributed by atoms with Crippen molar-refractivity contribution in [1.82, 2.24) is 0 Å². The standard InChI is InChI=1S/C14H12ClNO/c1-10-13(15)7-12(8-14(10)16-9-17)11-5-3-2-4-6-11/h2-9H,1H3,(H,16,17). The molecule has 0 saturated heterocycles. The van der Waals surface area contributed by atoms with Crippen LogP contribution in [0, 0.1) is 6.92 Å². The number of rotatable bonds is 3. The van der Waals surface area contributed by atoms with Gasteiger partial charge in [0, 0.05) is 10.7 Å². The Labute approximate surface area is 105 Å². The molecule has 3 heteroatoms. The number of benzene rings is 2. The number of nitrogens with one attached hydrogen (secondary N) is 1. The van der Waals surface area contributed by atoms with Gasteiger partial charge in [0.25, 0.3) is 0 Å². The Morgan fingerprint density at radius 1 is 1.12 bits per heavy atom. The predicted octanol–water partition coefficient (Wildman–Crippen LogP) is 3.88. The van der Waals surface area contributed by atoms with Crippen molar-refractivity contribution in [3.05, 3.63) is 53.1 Å². The number of carbonyl (C=O) groups is 1. The van der Waals surface area contributed by atoms with E-state index in [9.17, 15) is 4.79 Å². The zero-order chi connectivity index (χ0) is 12.3. The molecule has 0 aliphatic heterocycles. The number of hydrogen-bond acceptors (Lipinski definition) is 1. The molecule has 0 saturated carbocycles. The summed E-state index contributed by atoms with van der Waals surface area (Å²) in [6, 6.07) is 13.7. The molecule has 0 fully saturated rings. The molecule has 1 N–H and O–H groups in total. The van der Waals surface area contributed by atoms with Gasteiger partial charge in [-0.3, -0.25) is 4.79 Å². The molecule has 2 aromatic carbocycles. The first kappa shape index (κ1) is 11.7. The fourth-order valence-corrected chi connectivity index (χ4v) is 1.91. The molecule has 0 unspecified atom stereocenters. The van der Waals surface area contributed by atoms with Crippen molar-refractivity contribution in [2.75, 3.05) is 5.32 Å². The minimum Gasteiger partial charge on any atom is -0.328 e. The van der Waals surface area contributed by atoms with Gasteiger partial charge in [-0.25, -0.2) is 0 Å². The SMILES string of the molecule is Cc1c(Cl)cc(-c2ccccc2)cc1NC=O. The average Bonchev–Trinajstić information content (AvgIpc) is 2.36. The van der Waals surface area contributed by atoms with E-state index in [0.717, 1.165) is 22.4 Å². The summed E-state index contributed by atoms with van der Waals surface area (Å²) in [6.45, 7) is 1.88. The molecular weight excluding hydrogens is 234 g/mol. The summed E-state index contributed by atoms with van der Waals surface area (Å²) in [5.74, 6) is 0. The van der Waals surface area contributed by atoms with Crippen molar-refractivity contribution in [3.63, 3.8) is 0 Å². The van der Waals surface area contributed by atoms with Crippen molar-refractivity contribution in [2.45, 2.75) is 6.92 Å². The highest BCUT2D eigenvalue weighted by Gasteiger charge is 2.06. The summed E-state index contributed by atoms with van der Waals surface area (Å²) < 4.78 is 0. The highest BCUT2D eigenvalue weighted by atomic mass is 35.5. The van der Waals surface area contributed by atoms with Crippen LogP contribution in [0.4, 0.5) is 5.69 Å². The molecule has 0 radical (unpaired) electrons. The summed E-state index contributed by atoms with van der Waals surface area (Å²) in [5, 5.41) is 3.31. The lowest BCUT2D eigenvalue weighted by Gasteiger charge is -2.10. The van der Waals surface area contributed by atoms with Crippen LogP contribution < -0.4 is 5.32 Å². The molecule has 17 heavy (non-hydrogen) atoms. The Kier molecular flexibility index (Phi) is 3.45. The van der Waals surface area contributed by atoms with Crippen LogP contribution in [0.1, 0.15) is 5.56 Å². The average molecular weight is 246 g/mol. The zero-order valence-electron chi connectivity index (χ0n) is 9.41. The minimum absolute atomic E-state index is 0.649. The van der Waals surface area contributed by atoms with Crippen LogP contribution in [-0.2, 0) is 4.79 Å². The predicted molar refractivity (Wildman–Crippen MR) is 71.3 cm³/mol. The Balaban J connectivity index is 2.53. The maximum Gasteiger partial charge on any atom is 0.211 e. The topological polar surface area (TPSA) is 29.1 Å². The lowest BCUT2D eigenvalue weighted by Crippen LogP contribution is -1.97. The first-order chi connectivity index (χ1) is 8.22. The maximum atomic E-state index is 10.5. The summed E-state index contributed by atoms with van der Waals surface area (Å²) in [7, 11) is 0.